The maximum Gasteiger partial charge on any atom is 0.341 e. The highest BCUT2D eigenvalue weighted by Crippen LogP contribution is 2.33. The second kappa shape index (κ2) is 10.4. The molecule has 1 aromatic heterocycles. The topological polar surface area (TPSA) is 55.4 Å². The van der Waals surface area contributed by atoms with E-state index in [1.165, 1.54) is 50.6 Å². The number of hydrogen-bond donors (Lipinski definition) is 1. The normalized spacial score (nSPS) is 10.6. The monoisotopic (exact) mass is 339 g/mol. The first-order chi connectivity index (χ1) is 11.0. The molecule has 23 heavy (non-hydrogen) atoms. The van der Waals surface area contributed by atoms with Crippen molar-refractivity contribution < 1.29 is 14.3 Å². The van der Waals surface area contributed by atoms with Gasteiger partial charge in [0.05, 0.1) is 12.7 Å². The highest BCUT2D eigenvalue weighted by atomic mass is 32.1. The van der Waals surface area contributed by atoms with E-state index in [1.807, 2.05) is 13.8 Å². The zero-order chi connectivity index (χ0) is 17.2. The Bertz CT molecular complexity index is 523. The number of rotatable bonds is 10. The fourth-order valence-corrected chi connectivity index (χ4v) is 3.56. The van der Waals surface area contributed by atoms with Gasteiger partial charge in [0.25, 0.3) is 0 Å². The van der Waals surface area contributed by atoms with Gasteiger partial charge in [0.15, 0.2) is 0 Å². The molecule has 0 bridgehead atoms. The molecule has 1 aromatic rings. The Labute approximate surface area is 143 Å². The van der Waals surface area contributed by atoms with E-state index >= 15 is 0 Å². The molecule has 0 aliphatic carbocycles. The summed E-state index contributed by atoms with van der Waals surface area (Å²) in [4.78, 5) is 25.0. The lowest BCUT2D eigenvalue weighted by Crippen LogP contribution is -2.13. The van der Waals surface area contributed by atoms with Gasteiger partial charge in [-0.2, -0.15) is 0 Å². The van der Waals surface area contributed by atoms with Crippen LogP contribution in [0.5, 0.6) is 0 Å². The average molecular weight is 340 g/mol. The van der Waals surface area contributed by atoms with E-state index in [9.17, 15) is 9.59 Å². The number of hydrogen-bond acceptors (Lipinski definition) is 4. The summed E-state index contributed by atoms with van der Waals surface area (Å²) < 4.78 is 4.81. The van der Waals surface area contributed by atoms with Crippen LogP contribution in [-0.4, -0.2) is 19.0 Å². The number of unbranched alkanes of at least 4 members (excludes halogenated alkanes) is 6. The van der Waals surface area contributed by atoms with Gasteiger partial charge in [-0.25, -0.2) is 4.79 Å². The maximum atomic E-state index is 12.1. The van der Waals surface area contributed by atoms with Crippen LogP contribution in [0.15, 0.2) is 0 Å². The van der Waals surface area contributed by atoms with Crippen molar-refractivity contribution in [2.75, 3.05) is 12.4 Å². The van der Waals surface area contributed by atoms with Crippen LogP contribution in [0.1, 0.15) is 79.1 Å². The highest BCUT2D eigenvalue weighted by molar-refractivity contribution is 7.16. The first-order valence-electron chi connectivity index (χ1n) is 8.49. The number of nitrogens with one attached hydrogen (secondary N) is 1. The van der Waals surface area contributed by atoms with Gasteiger partial charge in [-0.05, 0) is 25.8 Å². The minimum Gasteiger partial charge on any atom is -0.465 e. The average Bonchev–Trinajstić information content (AvgIpc) is 2.80. The molecule has 0 aromatic carbocycles. The van der Waals surface area contributed by atoms with Crippen LogP contribution >= 0.6 is 11.3 Å². The molecule has 130 valence electrons. The summed E-state index contributed by atoms with van der Waals surface area (Å²) in [5.74, 6) is -0.414. The Kier molecular flexibility index (Phi) is 8.92. The van der Waals surface area contributed by atoms with Crippen LogP contribution in [0.25, 0.3) is 0 Å². The summed E-state index contributed by atoms with van der Waals surface area (Å²) in [5.41, 5.74) is 1.37. The van der Waals surface area contributed by atoms with E-state index in [-0.39, 0.29) is 5.91 Å². The molecule has 5 heteroatoms. The van der Waals surface area contributed by atoms with Crippen molar-refractivity contribution >= 4 is 28.2 Å². The molecule has 1 heterocycles. The number of thiophene rings is 1. The number of anilines is 1. The van der Waals surface area contributed by atoms with Crippen molar-refractivity contribution in [2.24, 2.45) is 0 Å². The van der Waals surface area contributed by atoms with Crippen LogP contribution in [0.3, 0.4) is 0 Å². The molecule has 0 aliphatic heterocycles. The molecule has 0 unspecified atom stereocenters. The summed E-state index contributed by atoms with van der Waals surface area (Å²) in [6.07, 6.45) is 8.78. The SMILES string of the molecule is CCCCCCCCCC(=O)Nc1sc(C)c(C)c1C(=O)OC. The van der Waals surface area contributed by atoms with Gasteiger partial charge in [0, 0.05) is 11.3 Å². The van der Waals surface area contributed by atoms with E-state index in [0.29, 0.717) is 17.0 Å². The van der Waals surface area contributed by atoms with Crippen LogP contribution in [0.2, 0.25) is 0 Å². The predicted octanol–water partition coefficient (Wildman–Crippen LogP) is 5.23. The first-order valence-corrected chi connectivity index (χ1v) is 9.31. The van der Waals surface area contributed by atoms with Gasteiger partial charge >= 0.3 is 5.97 Å². The molecule has 0 saturated carbocycles. The van der Waals surface area contributed by atoms with E-state index in [0.717, 1.165) is 23.3 Å². The van der Waals surface area contributed by atoms with Crippen molar-refractivity contribution in [3.8, 4) is 0 Å². The summed E-state index contributed by atoms with van der Waals surface area (Å²) >= 11 is 1.43. The van der Waals surface area contributed by atoms with Gasteiger partial charge in [-0.1, -0.05) is 45.4 Å². The van der Waals surface area contributed by atoms with Crippen molar-refractivity contribution in [3.05, 3.63) is 16.0 Å². The Morgan fingerprint density at radius 1 is 1.04 bits per heavy atom. The maximum absolute atomic E-state index is 12.1. The van der Waals surface area contributed by atoms with Gasteiger partial charge in [0.1, 0.15) is 5.00 Å². The van der Waals surface area contributed by atoms with Gasteiger partial charge in [-0.3, -0.25) is 4.79 Å². The lowest BCUT2D eigenvalue weighted by atomic mass is 10.1. The first kappa shape index (κ1) is 19.7. The summed E-state index contributed by atoms with van der Waals surface area (Å²) in [6, 6.07) is 0. The predicted molar refractivity (Wildman–Crippen MR) is 96.4 cm³/mol. The largest absolute Gasteiger partial charge is 0.465 e. The number of methoxy groups -OCH3 is 1. The standard InChI is InChI=1S/C18H29NO3S/c1-5-6-7-8-9-10-11-12-15(20)19-17-16(18(21)22-4)13(2)14(3)23-17/h5-12H2,1-4H3,(H,19,20). The molecule has 1 N–H and O–H groups in total. The van der Waals surface area contributed by atoms with Crippen LogP contribution in [0, 0.1) is 13.8 Å². The van der Waals surface area contributed by atoms with Gasteiger partial charge in [-0.15, -0.1) is 11.3 Å². The smallest absolute Gasteiger partial charge is 0.341 e. The molecular weight excluding hydrogens is 310 g/mol. The van der Waals surface area contributed by atoms with Crippen molar-refractivity contribution in [3.63, 3.8) is 0 Å². The van der Waals surface area contributed by atoms with E-state index in [4.69, 9.17) is 4.74 Å². The molecule has 0 saturated heterocycles. The quantitative estimate of drug-likeness (QED) is 0.469. The number of aryl methyl sites for hydroxylation is 1. The third-order valence-electron chi connectivity index (χ3n) is 4.04. The summed E-state index contributed by atoms with van der Waals surface area (Å²) in [6.45, 7) is 6.03. The molecule has 0 aliphatic rings. The second-order valence-electron chi connectivity index (χ2n) is 5.90. The van der Waals surface area contributed by atoms with Crippen molar-refractivity contribution in [1.29, 1.82) is 0 Å². The fourth-order valence-electron chi connectivity index (χ4n) is 2.49. The minimum atomic E-state index is -0.391. The van der Waals surface area contributed by atoms with E-state index in [2.05, 4.69) is 12.2 Å². The minimum absolute atomic E-state index is 0.0232. The van der Waals surface area contributed by atoms with E-state index < -0.39 is 5.97 Å². The zero-order valence-electron chi connectivity index (χ0n) is 14.8. The zero-order valence-corrected chi connectivity index (χ0v) is 15.6. The second-order valence-corrected chi connectivity index (χ2v) is 7.12. The van der Waals surface area contributed by atoms with Crippen molar-refractivity contribution in [2.45, 2.75) is 72.1 Å². The Morgan fingerprint density at radius 3 is 2.26 bits per heavy atom. The van der Waals surface area contributed by atoms with Crippen molar-refractivity contribution in [1.82, 2.24) is 0 Å². The molecule has 0 radical (unpaired) electrons. The molecule has 4 nitrogen and oxygen atoms in total. The molecular formula is C18H29NO3S. The highest BCUT2D eigenvalue weighted by Gasteiger charge is 2.21. The number of carbonyl (C=O) groups is 2. The number of ether oxygens (including phenoxy) is 1. The fraction of sp³-hybridized carbons (Fsp3) is 0.667. The number of carbonyl (C=O) groups excluding carboxylic acids is 2. The Balaban J connectivity index is 2.43. The molecule has 0 fully saturated rings. The summed E-state index contributed by atoms with van der Waals surface area (Å²) in [5, 5.41) is 3.49. The Hall–Kier alpha value is -1.36. The van der Waals surface area contributed by atoms with Gasteiger partial charge < -0.3 is 10.1 Å². The molecule has 0 atom stereocenters. The lowest BCUT2D eigenvalue weighted by molar-refractivity contribution is -0.116. The molecule has 0 spiro atoms. The van der Waals surface area contributed by atoms with Crippen LogP contribution < -0.4 is 5.32 Å². The summed E-state index contributed by atoms with van der Waals surface area (Å²) in [7, 11) is 1.36. The third-order valence-corrected chi connectivity index (χ3v) is 5.16. The molecule has 1 rings (SSSR count). The van der Waals surface area contributed by atoms with Gasteiger partial charge in [0.2, 0.25) is 5.91 Å². The lowest BCUT2D eigenvalue weighted by Gasteiger charge is -2.06. The molecule has 1 amide bonds. The van der Waals surface area contributed by atoms with E-state index in [1.54, 1.807) is 0 Å². The number of amides is 1. The van der Waals surface area contributed by atoms with Crippen LogP contribution in [-0.2, 0) is 9.53 Å². The number of esters is 1. The third kappa shape index (κ3) is 6.34. The Morgan fingerprint density at radius 2 is 1.65 bits per heavy atom. The van der Waals surface area contributed by atoms with Crippen LogP contribution in [0.4, 0.5) is 5.00 Å².